The Kier molecular flexibility index (Phi) is 5.08. The van der Waals surface area contributed by atoms with Gasteiger partial charge in [0.05, 0.1) is 0 Å². The second kappa shape index (κ2) is 7.93. The summed E-state index contributed by atoms with van der Waals surface area (Å²) in [6.07, 6.45) is 4.05. The normalized spacial score (nSPS) is 16.5. The maximum absolute atomic E-state index is 13.8. The van der Waals surface area contributed by atoms with E-state index in [9.17, 15) is 13.6 Å². The van der Waals surface area contributed by atoms with Crippen molar-refractivity contribution in [2.24, 2.45) is 5.92 Å². The van der Waals surface area contributed by atoms with Crippen LogP contribution in [-0.2, 0) is 11.3 Å². The molecule has 1 fully saturated rings. The fraction of sp³-hybridized carbons (Fsp3) is 0.269. The molecule has 1 saturated carbocycles. The molecule has 1 aromatic heterocycles. The Morgan fingerprint density at radius 1 is 1.12 bits per heavy atom. The van der Waals surface area contributed by atoms with E-state index in [1.54, 1.807) is 6.07 Å². The highest BCUT2D eigenvalue weighted by Crippen LogP contribution is 2.40. The number of halogens is 2. The van der Waals surface area contributed by atoms with E-state index >= 15 is 0 Å². The van der Waals surface area contributed by atoms with Gasteiger partial charge in [0.15, 0.2) is 11.6 Å². The maximum atomic E-state index is 13.8. The van der Waals surface area contributed by atoms with Gasteiger partial charge in [-0.25, -0.2) is 8.78 Å². The van der Waals surface area contributed by atoms with Crippen molar-refractivity contribution < 1.29 is 13.6 Å². The summed E-state index contributed by atoms with van der Waals surface area (Å²) in [4.78, 5) is 17.8. The van der Waals surface area contributed by atoms with Crippen LogP contribution in [0.25, 0.3) is 11.6 Å². The highest BCUT2D eigenvalue weighted by atomic mass is 19.2. The Morgan fingerprint density at radius 2 is 1.94 bits per heavy atom. The van der Waals surface area contributed by atoms with Crippen molar-refractivity contribution >= 4 is 28.9 Å². The van der Waals surface area contributed by atoms with Crippen LogP contribution in [-0.4, -0.2) is 17.4 Å². The molecule has 0 saturated heterocycles. The second-order valence-electron chi connectivity index (χ2n) is 8.82. The minimum atomic E-state index is -0.843. The fourth-order valence-electron chi connectivity index (χ4n) is 4.31. The monoisotopic (exact) mass is 433 g/mol. The molecule has 5 rings (SSSR count). The minimum absolute atomic E-state index is 0.0722. The number of H-pyrrole nitrogens is 1. The second-order valence-corrected chi connectivity index (χ2v) is 8.82. The molecule has 0 atom stereocenters. The van der Waals surface area contributed by atoms with E-state index in [2.05, 4.69) is 34.3 Å². The number of anilines is 2. The lowest BCUT2D eigenvalue weighted by atomic mass is 10.0. The summed E-state index contributed by atoms with van der Waals surface area (Å²) in [5.41, 5.74) is 7.93. The lowest BCUT2D eigenvalue weighted by Gasteiger charge is -2.19. The number of aryl methyl sites for hydroxylation is 2. The van der Waals surface area contributed by atoms with Crippen LogP contribution in [0.1, 0.15) is 40.9 Å². The maximum Gasteiger partial charge on any atom is 0.227 e. The number of aromatic amines is 1. The Balaban J connectivity index is 1.50. The van der Waals surface area contributed by atoms with Gasteiger partial charge in [-0.2, -0.15) is 0 Å². The predicted octanol–water partition coefficient (Wildman–Crippen LogP) is 5.82. The molecule has 3 aromatic rings. The highest BCUT2D eigenvalue weighted by Gasteiger charge is 2.30. The number of amides is 1. The molecule has 4 nitrogen and oxygen atoms in total. The molecule has 1 aliphatic heterocycles. The molecule has 6 heteroatoms. The van der Waals surface area contributed by atoms with Crippen LogP contribution >= 0.6 is 0 Å². The molecule has 2 heterocycles. The molecular formula is C26H25F2N3O. The standard InChI is InChI=1S/C26H25F2N3O/c1-15-9-16(2)29-24(15)11-19-14-31(13-17-3-7-22(27)23(28)10-17)25-8-6-20(12-21(19)25)30-26(32)18-4-5-18/h3,6-12,18,29H,4-5,13-14H2,1-2H3,(H,30,32). The third kappa shape index (κ3) is 4.05. The Bertz CT molecular complexity index is 1240. The Morgan fingerprint density at radius 3 is 2.62 bits per heavy atom. The van der Waals surface area contributed by atoms with E-state index in [4.69, 9.17) is 0 Å². The number of benzene rings is 2. The first-order valence-corrected chi connectivity index (χ1v) is 10.9. The number of aromatic nitrogens is 1. The van der Waals surface area contributed by atoms with Crippen LogP contribution in [0.2, 0.25) is 0 Å². The van der Waals surface area contributed by atoms with E-state index in [0.717, 1.165) is 52.3 Å². The molecule has 0 spiro atoms. The van der Waals surface area contributed by atoms with Crippen molar-refractivity contribution in [2.75, 3.05) is 16.8 Å². The molecule has 2 N–H and O–H groups in total. The smallest absolute Gasteiger partial charge is 0.227 e. The van der Waals surface area contributed by atoms with E-state index in [0.29, 0.717) is 18.7 Å². The van der Waals surface area contributed by atoms with Gasteiger partial charge in [-0.3, -0.25) is 4.79 Å². The summed E-state index contributed by atoms with van der Waals surface area (Å²) in [5, 5.41) is 3.03. The van der Waals surface area contributed by atoms with Crippen molar-refractivity contribution in [3.63, 3.8) is 0 Å². The molecule has 32 heavy (non-hydrogen) atoms. The number of nitrogens with one attached hydrogen (secondary N) is 2. The number of rotatable bonds is 5. The number of fused-ring (bicyclic) bond motifs is 1. The number of nitrogens with zero attached hydrogens (tertiary/aromatic N) is 1. The molecule has 0 unspecified atom stereocenters. The van der Waals surface area contributed by atoms with E-state index in [-0.39, 0.29) is 11.8 Å². The van der Waals surface area contributed by atoms with Gasteiger partial charge in [0.2, 0.25) is 5.91 Å². The summed E-state index contributed by atoms with van der Waals surface area (Å²) < 4.78 is 27.1. The third-order valence-electron chi connectivity index (χ3n) is 6.13. The van der Waals surface area contributed by atoms with Crippen molar-refractivity contribution in [1.82, 2.24) is 4.98 Å². The molecule has 2 aromatic carbocycles. The van der Waals surface area contributed by atoms with Crippen LogP contribution in [0.5, 0.6) is 0 Å². The predicted molar refractivity (Wildman–Crippen MR) is 123 cm³/mol. The third-order valence-corrected chi connectivity index (χ3v) is 6.13. The quantitative estimate of drug-likeness (QED) is 0.533. The summed E-state index contributed by atoms with van der Waals surface area (Å²) in [6, 6.07) is 12.0. The summed E-state index contributed by atoms with van der Waals surface area (Å²) in [7, 11) is 0. The minimum Gasteiger partial charge on any atom is -0.362 e. The van der Waals surface area contributed by atoms with Crippen LogP contribution < -0.4 is 10.2 Å². The average molecular weight is 434 g/mol. The first kappa shape index (κ1) is 20.5. The van der Waals surface area contributed by atoms with E-state index in [1.165, 1.54) is 12.1 Å². The zero-order valence-corrected chi connectivity index (χ0v) is 18.1. The number of carbonyl (C=O) groups is 1. The number of carbonyl (C=O) groups excluding carboxylic acids is 1. The first-order chi connectivity index (χ1) is 15.4. The molecule has 1 aliphatic carbocycles. The molecule has 0 radical (unpaired) electrons. The lowest BCUT2D eigenvalue weighted by Crippen LogP contribution is -2.19. The van der Waals surface area contributed by atoms with Crippen molar-refractivity contribution in [1.29, 1.82) is 0 Å². The van der Waals surface area contributed by atoms with Crippen LogP contribution in [0.15, 0.2) is 42.5 Å². The summed E-state index contributed by atoms with van der Waals surface area (Å²) >= 11 is 0. The fourth-order valence-corrected chi connectivity index (χ4v) is 4.31. The van der Waals surface area contributed by atoms with Gasteiger partial charge in [0.1, 0.15) is 0 Å². The zero-order valence-electron chi connectivity index (χ0n) is 18.1. The topological polar surface area (TPSA) is 48.1 Å². The SMILES string of the molecule is Cc1cc(C)c(C=C2CN(Cc3ccc(F)c(F)c3)c3ccc(NC(=O)C4CC4)cc32)[nH]1. The lowest BCUT2D eigenvalue weighted by molar-refractivity contribution is -0.117. The van der Waals surface area contributed by atoms with E-state index in [1.807, 2.05) is 25.1 Å². The van der Waals surface area contributed by atoms with Gasteiger partial charge in [-0.1, -0.05) is 6.07 Å². The zero-order chi connectivity index (χ0) is 22.4. The molecule has 2 aliphatic rings. The Hall–Kier alpha value is -3.41. The number of hydrogen-bond donors (Lipinski definition) is 2. The van der Waals surface area contributed by atoms with Crippen molar-refractivity contribution in [2.45, 2.75) is 33.2 Å². The highest BCUT2D eigenvalue weighted by molar-refractivity contribution is 5.98. The first-order valence-electron chi connectivity index (χ1n) is 10.9. The average Bonchev–Trinajstić information content (AvgIpc) is 3.49. The Labute approximate surface area is 186 Å². The summed E-state index contributed by atoms with van der Waals surface area (Å²) in [6.45, 7) is 5.18. The van der Waals surface area contributed by atoms with Crippen LogP contribution in [0.3, 0.4) is 0 Å². The van der Waals surface area contributed by atoms with Gasteiger partial charge in [-0.15, -0.1) is 0 Å². The molecule has 0 bridgehead atoms. The number of hydrogen-bond acceptors (Lipinski definition) is 2. The van der Waals surface area contributed by atoms with Crippen molar-refractivity contribution in [3.05, 3.63) is 82.2 Å². The van der Waals surface area contributed by atoms with Gasteiger partial charge in [-0.05, 0) is 85.9 Å². The summed E-state index contributed by atoms with van der Waals surface area (Å²) in [5.74, 6) is -1.48. The van der Waals surface area contributed by atoms with Gasteiger partial charge >= 0.3 is 0 Å². The molecule has 1 amide bonds. The largest absolute Gasteiger partial charge is 0.362 e. The molecular weight excluding hydrogens is 408 g/mol. The van der Waals surface area contributed by atoms with Gasteiger partial charge < -0.3 is 15.2 Å². The van der Waals surface area contributed by atoms with Crippen LogP contribution in [0.4, 0.5) is 20.2 Å². The van der Waals surface area contributed by atoms with Gasteiger partial charge in [0, 0.05) is 47.3 Å². The van der Waals surface area contributed by atoms with Gasteiger partial charge in [0.25, 0.3) is 0 Å². The molecule has 164 valence electrons. The van der Waals surface area contributed by atoms with Crippen molar-refractivity contribution in [3.8, 4) is 0 Å². The van der Waals surface area contributed by atoms with E-state index < -0.39 is 11.6 Å². The van der Waals surface area contributed by atoms with Crippen LogP contribution in [0, 0.1) is 31.4 Å².